The van der Waals surface area contributed by atoms with Gasteiger partial charge in [-0.2, -0.15) is 13.2 Å². The molecule has 0 saturated carbocycles. The normalized spacial score (nSPS) is 30.4. The van der Waals surface area contributed by atoms with E-state index in [2.05, 4.69) is 10.2 Å². The highest BCUT2D eigenvalue weighted by Crippen LogP contribution is 2.32. The molecule has 2 saturated heterocycles. The molecule has 1 amide bonds. The minimum atomic E-state index is -4.16. The lowest BCUT2D eigenvalue weighted by Crippen LogP contribution is -2.56. The molecule has 2 atom stereocenters. The quantitative estimate of drug-likeness (QED) is 0.767. The third kappa shape index (κ3) is 3.60. The highest BCUT2D eigenvalue weighted by molar-refractivity contribution is 5.82. The first-order valence-electron chi connectivity index (χ1n) is 6.65. The number of piperidine rings is 1. The molecule has 0 aromatic heterocycles. The van der Waals surface area contributed by atoms with Crippen LogP contribution < -0.4 is 5.32 Å². The van der Waals surface area contributed by atoms with Gasteiger partial charge in [0.15, 0.2) is 0 Å². The monoisotopic (exact) mass is 279 g/mol. The second-order valence-corrected chi connectivity index (χ2v) is 5.41. The molecule has 2 unspecified atom stereocenters. The molecular formula is C12H20F3N3O. The van der Waals surface area contributed by atoms with Crippen LogP contribution in [0.1, 0.15) is 12.8 Å². The van der Waals surface area contributed by atoms with E-state index in [1.54, 1.807) is 4.90 Å². The fourth-order valence-electron chi connectivity index (χ4n) is 2.59. The summed E-state index contributed by atoms with van der Waals surface area (Å²) in [5.41, 5.74) is 0. The predicted octanol–water partition coefficient (Wildman–Crippen LogP) is 0.691. The minimum absolute atomic E-state index is 0.0423. The Balaban J connectivity index is 1.82. The van der Waals surface area contributed by atoms with Crippen molar-refractivity contribution in [2.45, 2.75) is 25.1 Å². The average Bonchev–Trinajstić information content (AvgIpc) is 2.38. The Morgan fingerprint density at radius 2 is 1.79 bits per heavy atom. The van der Waals surface area contributed by atoms with E-state index in [-0.39, 0.29) is 25.3 Å². The highest BCUT2D eigenvalue weighted by atomic mass is 19.4. The summed E-state index contributed by atoms with van der Waals surface area (Å²) in [5, 5.41) is 2.76. The van der Waals surface area contributed by atoms with Gasteiger partial charge < -0.3 is 15.1 Å². The van der Waals surface area contributed by atoms with Crippen LogP contribution in [0.25, 0.3) is 0 Å². The van der Waals surface area contributed by atoms with Crippen molar-refractivity contribution in [2.75, 3.05) is 39.8 Å². The Hall–Kier alpha value is -0.820. The number of hydrogen-bond donors (Lipinski definition) is 1. The van der Waals surface area contributed by atoms with Crippen molar-refractivity contribution in [3.05, 3.63) is 0 Å². The number of likely N-dealkylation sites (N-methyl/N-ethyl adjacent to an activating group) is 1. The molecule has 0 radical (unpaired) electrons. The summed E-state index contributed by atoms with van der Waals surface area (Å²) < 4.78 is 37.6. The fraction of sp³-hybridized carbons (Fsp3) is 0.917. The Morgan fingerprint density at radius 1 is 1.16 bits per heavy atom. The van der Waals surface area contributed by atoms with E-state index in [1.165, 1.54) is 0 Å². The summed E-state index contributed by atoms with van der Waals surface area (Å²) in [6.45, 7) is 2.83. The van der Waals surface area contributed by atoms with Gasteiger partial charge in [-0.05, 0) is 19.9 Å². The molecule has 0 aromatic rings. The van der Waals surface area contributed by atoms with Gasteiger partial charge in [0.25, 0.3) is 0 Å². The average molecular weight is 279 g/mol. The molecule has 110 valence electrons. The number of carbonyl (C=O) groups is 1. The first-order valence-corrected chi connectivity index (χ1v) is 6.65. The third-order valence-corrected chi connectivity index (χ3v) is 3.99. The second kappa shape index (κ2) is 5.66. The fourth-order valence-corrected chi connectivity index (χ4v) is 2.59. The number of carbonyl (C=O) groups excluding carboxylic acids is 1. The standard InChI is InChI=1S/C12H20F3N3O/c1-17-4-6-18(7-5-17)11(19)10-3-2-9(8-16-10)12(13,14)15/h9-10,16H,2-8H2,1H3. The summed E-state index contributed by atoms with van der Waals surface area (Å²) in [6, 6.07) is -0.443. The number of hydrogen-bond acceptors (Lipinski definition) is 3. The van der Waals surface area contributed by atoms with Crippen LogP contribution in [0.3, 0.4) is 0 Å². The van der Waals surface area contributed by atoms with E-state index in [1.807, 2.05) is 7.05 Å². The van der Waals surface area contributed by atoms with E-state index in [4.69, 9.17) is 0 Å². The maximum Gasteiger partial charge on any atom is 0.393 e. The van der Waals surface area contributed by atoms with Crippen molar-refractivity contribution in [1.29, 1.82) is 0 Å². The zero-order chi connectivity index (χ0) is 14.0. The maximum atomic E-state index is 12.5. The van der Waals surface area contributed by atoms with E-state index >= 15 is 0 Å². The van der Waals surface area contributed by atoms with Crippen LogP contribution in [0, 0.1) is 5.92 Å². The van der Waals surface area contributed by atoms with Gasteiger partial charge in [-0.3, -0.25) is 4.79 Å². The van der Waals surface area contributed by atoms with Crippen LogP contribution in [0.4, 0.5) is 13.2 Å². The molecule has 0 aliphatic carbocycles. The van der Waals surface area contributed by atoms with E-state index in [0.717, 1.165) is 13.1 Å². The molecule has 19 heavy (non-hydrogen) atoms. The molecule has 2 heterocycles. The van der Waals surface area contributed by atoms with Crippen LogP contribution in [-0.2, 0) is 4.79 Å². The van der Waals surface area contributed by atoms with Gasteiger partial charge in [0.2, 0.25) is 5.91 Å². The highest BCUT2D eigenvalue weighted by Gasteiger charge is 2.43. The Bertz CT molecular complexity index is 319. The Morgan fingerprint density at radius 3 is 2.26 bits per heavy atom. The number of alkyl halides is 3. The van der Waals surface area contributed by atoms with Crippen molar-refractivity contribution in [1.82, 2.24) is 15.1 Å². The Labute approximate surface area is 110 Å². The van der Waals surface area contributed by atoms with Crippen LogP contribution in [-0.4, -0.2) is 67.7 Å². The molecule has 0 bridgehead atoms. The van der Waals surface area contributed by atoms with Gasteiger partial charge in [0, 0.05) is 32.7 Å². The van der Waals surface area contributed by atoms with Crippen LogP contribution in [0.2, 0.25) is 0 Å². The van der Waals surface area contributed by atoms with Crippen molar-refractivity contribution in [3.8, 4) is 0 Å². The molecule has 7 heteroatoms. The van der Waals surface area contributed by atoms with Crippen molar-refractivity contribution < 1.29 is 18.0 Å². The summed E-state index contributed by atoms with van der Waals surface area (Å²) >= 11 is 0. The van der Waals surface area contributed by atoms with E-state index < -0.39 is 18.1 Å². The number of rotatable bonds is 1. The molecule has 2 fully saturated rings. The summed E-state index contributed by atoms with van der Waals surface area (Å²) in [6.07, 6.45) is -3.84. The zero-order valence-electron chi connectivity index (χ0n) is 11.0. The van der Waals surface area contributed by atoms with E-state index in [0.29, 0.717) is 13.1 Å². The third-order valence-electron chi connectivity index (χ3n) is 3.99. The number of nitrogens with zero attached hydrogens (tertiary/aromatic N) is 2. The molecule has 2 aliphatic heterocycles. The van der Waals surface area contributed by atoms with Gasteiger partial charge in [0.05, 0.1) is 12.0 Å². The van der Waals surface area contributed by atoms with Gasteiger partial charge in [-0.25, -0.2) is 0 Å². The molecule has 2 aliphatic rings. The lowest BCUT2D eigenvalue weighted by Gasteiger charge is -2.37. The van der Waals surface area contributed by atoms with Gasteiger partial charge in [-0.1, -0.05) is 0 Å². The first-order chi connectivity index (χ1) is 8.88. The number of piperazine rings is 1. The summed E-state index contributed by atoms with van der Waals surface area (Å²) in [7, 11) is 1.99. The molecule has 2 rings (SSSR count). The number of nitrogens with one attached hydrogen (secondary N) is 1. The SMILES string of the molecule is CN1CCN(C(=O)C2CCC(C(F)(F)F)CN2)CC1. The van der Waals surface area contributed by atoms with Gasteiger partial charge in [0.1, 0.15) is 0 Å². The predicted molar refractivity (Wildman–Crippen MR) is 64.6 cm³/mol. The number of halogens is 3. The van der Waals surface area contributed by atoms with Crippen LogP contribution in [0.5, 0.6) is 0 Å². The van der Waals surface area contributed by atoms with Gasteiger partial charge in [-0.15, -0.1) is 0 Å². The molecule has 0 spiro atoms. The summed E-state index contributed by atoms with van der Waals surface area (Å²) in [5.74, 6) is -1.36. The molecule has 0 aromatic carbocycles. The topological polar surface area (TPSA) is 35.6 Å². The Kier molecular flexibility index (Phi) is 4.35. The van der Waals surface area contributed by atoms with Gasteiger partial charge >= 0.3 is 6.18 Å². The molecule has 1 N–H and O–H groups in total. The maximum absolute atomic E-state index is 12.5. The molecule has 4 nitrogen and oxygen atoms in total. The first kappa shape index (κ1) is 14.6. The smallest absolute Gasteiger partial charge is 0.339 e. The van der Waals surface area contributed by atoms with Crippen molar-refractivity contribution >= 4 is 5.91 Å². The number of amides is 1. The second-order valence-electron chi connectivity index (χ2n) is 5.41. The molecular weight excluding hydrogens is 259 g/mol. The van der Waals surface area contributed by atoms with Crippen molar-refractivity contribution in [2.24, 2.45) is 5.92 Å². The largest absolute Gasteiger partial charge is 0.393 e. The lowest BCUT2D eigenvalue weighted by molar-refractivity contribution is -0.180. The van der Waals surface area contributed by atoms with E-state index in [9.17, 15) is 18.0 Å². The summed E-state index contributed by atoms with van der Waals surface area (Å²) in [4.78, 5) is 16.1. The zero-order valence-corrected chi connectivity index (χ0v) is 11.0. The lowest BCUT2D eigenvalue weighted by atomic mass is 9.93. The van der Waals surface area contributed by atoms with Crippen LogP contribution in [0.15, 0.2) is 0 Å². The van der Waals surface area contributed by atoms with Crippen molar-refractivity contribution in [3.63, 3.8) is 0 Å². The van der Waals surface area contributed by atoms with Crippen LogP contribution >= 0.6 is 0 Å². The minimum Gasteiger partial charge on any atom is -0.339 e.